The van der Waals surface area contributed by atoms with Crippen LogP contribution in [-0.2, 0) is 23.4 Å². The maximum absolute atomic E-state index is 15.9. The smallest absolute Gasteiger partial charge is 0.459 e. The standard InChI is InChI=1S/C26H34ClFN7O8P/c1-6-34(5)13-30-25-31-21-19(22(37)32-25)29-14-35(21)24-26(27,28)20(36)18(42-24)12-40-44(39,43-17-10-8-7-9-11-17)33-16(4)23(38)41-15(2)3/h7-11,13-16,18,20,24,36H,6,12H2,1-5H3,(H,33,39)(H,31,32,37)/t16-,18-,20-,24-,26-,44?/m1/s1. The number of aliphatic hydroxyl groups excluding tert-OH is 1. The summed E-state index contributed by atoms with van der Waals surface area (Å²) in [5.74, 6) is -0.668. The molecule has 0 amide bonds. The lowest BCUT2D eigenvalue weighted by molar-refractivity contribution is -0.149. The van der Waals surface area contributed by atoms with E-state index in [0.29, 0.717) is 6.54 Å². The van der Waals surface area contributed by atoms with E-state index in [9.17, 15) is 19.3 Å². The number of nitrogens with one attached hydrogen (secondary N) is 2. The van der Waals surface area contributed by atoms with Gasteiger partial charge in [0, 0.05) is 13.6 Å². The van der Waals surface area contributed by atoms with Crippen LogP contribution in [0.5, 0.6) is 5.75 Å². The zero-order valence-corrected chi connectivity index (χ0v) is 26.2. The number of alkyl halides is 2. The molecule has 15 nitrogen and oxygen atoms in total. The Morgan fingerprint density at radius 2 is 2.09 bits per heavy atom. The quantitative estimate of drug-likeness (QED) is 0.0804. The third kappa shape index (κ3) is 7.62. The van der Waals surface area contributed by atoms with Gasteiger partial charge in [0.2, 0.25) is 5.95 Å². The fourth-order valence-corrected chi connectivity index (χ4v) is 5.79. The van der Waals surface area contributed by atoms with E-state index in [1.807, 2.05) is 6.92 Å². The van der Waals surface area contributed by atoms with E-state index in [1.54, 1.807) is 44.0 Å². The number of esters is 1. The molecule has 0 aliphatic carbocycles. The van der Waals surface area contributed by atoms with Crippen molar-refractivity contribution in [3.8, 4) is 5.75 Å². The number of carbonyl (C=O) groups is 1. The van der Waals surface area contributed by atoms with Crippen LogP contribution < -0.4 is 15.2 Å². The maximum atomic E-state index is 15.9. The van der Waals surface area contributed by atoms with Gasteiger partial charge in [0.15, 0.2) is 17.4 Å². The van der Waals surface area contributed by atoms with Crippen molar-refractivity contribution in [2.45, 2.75) is 63.4 Å². The maximum Gasteiger partial charge on any atom is 0.459 e. The molecule has 0 bridgehead atoms. The highest BCUT2D eigenvalue weighted by molar-refractivity contribution is 7.52. The van der Waals surface area contributed by atoms with Crippen molar-refractivity contribution in [2.75, 3.05) is 20.2 Å². The second-order valence-corrected chi connectivity index (χ2v) is 12.5. The summed E-state index contributed by atoms with van der Waals surface area (Å²) < 4.78 is 52.7. The van der Waals surface area contributed by atoms with Crippen molar-refractivity contribution in [1.29, 1.82) is 0 Å². The molecule has 1 saturated heterocycles. The van der Waals surface area contributed by atoms with Gasteiger partial charge < -0.3 is 24.0 Å². The fraction of sp³-hybridized carbons (Fsp3) is 0.500. The summed E-state index contributed by atoms with van der Waals surface area (Å²) in [6.07, 6.45) is -3.16. The summed E-state index contributed by atoms with van der Waals surface area (Å²) in [6, 6.07) is 6.84. The number of aliphatic hydroxyl groups is 1. The molecule has 0 saturated carbocycles. The molecule has 18 heteroatoms. The van der Waals surface area contributed by atoms with Gasteiger partial charge in [-0.05, 0) is 39.8 Å². The van der Waals surface area contributed by atoms with Crippen LogP contribution in [-0.4, -0.2) is 91.5 Å². The molecule has 1 fully saturated rings. The van der Waals surface area contributed by atoms with Gasteiger partial charge >= 0.3 is 13.7 Å². The number of nitrogens with zero attached hydrogens (tertiary/aromatic N) is 5. The van der Waals surface area contributed by atoms with Gasteiger partial charge in [-0.1, -0.05) is 29.8 Å². The number of fused-ring (bicyclic) bond motifs is 1. The lowest BCUT2D eigenvalue weighted by atomic mass is 10.1. The Kier molecular flexibility index (Phi) is 10.4. The summed E-state index contributed by atoms with van der Waals surface area (Å²) in [5.41, 5.74) is -0.906. The first-order valence-electron chi connectivity index (χ1n) is 13.6. The van der Waals surface area contributed by atoms with Gasteiger partial charge in [-0.3, -0.25) is 23.7 Å². The van der Waals surface area contributed by atoms with Crippen LogP contribution in [0, 0.1) is 0 Å². The van der Waals surface area contributed by atoms with Crippen molar-refractivity contribution >= 4 is 48.8 Å². The number of hydrogen-bond donors (Lipinski definition) is 3. The number of aromatic amines is 1. The number of rotatable bonds is 13. The van der Waals surface area contributed by atoms with Crippen LogP contribution in [0.4, 0.5) is 10.3 Å². The minimum absolute atomic E-state index is 0.0859. The van der Waals surface area contributed by atoms with Crippen molar-refractivity contribution in [1.82, 2.24) is 29.5 Å². The predicted octanol–water partition coefficient (Wildman–Crippen LogP) is 3.03. The molecular weight excluding hydrogens is 624 g/mol. The molecule has 3 aromatic rings. The zero-order valence-electron chi connectivity index (χ0n) is 24.6. The van der Waals surface area contributed by atoms with Crippen molar-refractivity contribution < 1.29 is 37.4 Å². The number of halogens is 2. The molecule has 2 aromatic heterocycles. The van der Waals surface area contributed by atoms with Crippen molar-refractivity contribution in [3.05, 3.63) is 47.0 Å². The van der Waals surface area contributed by atoms with E-state index < -0.39 is 61.6 Å². The van der Waals surface area contributed by atoms with Crippen LogP contribution in [0.1, 0.15) is 33.9 Å². The SMILES string of the molecule is CCN(C)C=Nc1nc2c(ncn2[C@@H]2O[C@H](COP(=O)(N[C@H](C)C(=O)OC(C)C)Oc3ccccc3)[C@@H](O)[C@]2(F)Cl)c(=O)[nH]1. The second-order valence-electron chi connectivity index (χ2n) is 10.2. The Hall–Kier alpha value is -3.40. The molecule has 1 unspecified atom stereocenters. The molecule has 4 rings (SSSR count). The lowest BCUT2D eigenvalue weighted by Crippen LogP contribution is -2.40. The molecule has 3 heterocycles. The van der Waals surface area contributed by atoms with Crippen molar-refractivity contribution in [3.63, 3.8) is 0 Å². The highest BCUT2D eigenvalue weighted by Gasteiger charge is 2.58. The van der Waals surface area contributed by atoms with Crippen LogP contribution in [0.15, 0.2) is 46.4 Å². The molecule has 0 spiro atoms. The third-order valence-corrected chi connectivity index (χ3v) is 8.42. The first-order valence-corrected chi connectivity index (χ1v) is 15.6. The Morgan fingerprint density at radius 1 is 1.39 bits per heavy atom. The summed E-state index contributed by atoms with van der Waals surface area (Å²) in [4.78, 5) is 41.6. The predicted molar refractivity (Wildman–Crippen MR) is 159 cm³/mol. The minimum Gasteiger partial charge on any atom is -0.462 e. The summed E-state index contributed by atoms with van der Waals surface area (Å²) in [6.45, 7) is 6.55. The molecule has 6 atom stereocenters. The van der Waals surface area contributed by atoms with Crippen LogP contribution in [0.3, 0.4) is 0 Å². The molecule has 3 N–H and O–H groups in total. The highest BCUT2D eigenvalue weighted by Crippen LogP contribution is 2.49. The first-order chi connectivity index (χ1) is 20.7. The number of aliphatic imine (C=N–C) groups is 1. The van der Waals surface area contributed by atoms with Gasteiger partial charge in [-0.25, -0.2) is 18.9 Å². The van der Waals surface area contributed by atoms with Gasteiger partial charge in [-0.15, -0.1) is 0 Å². The molecule has 1 aliphatic rings. The molecule has 1 aromatic carbocycles. The van der Waals surface area contributed by atoms with Crippen LogP contribution >= 0.6 is 19.3 Å². The van der Waals surface area contributed by atoms with Gasteiger partial charge in [-0.2, -0.15) is 10.1 Å². The number of benzene rings is 1. The highest BCUT2D eigenvalue weighted by atomic mass is 35.5. The van der Waals surface area contributed by atoms with E-state index in [0.717, 1.165) is 10.9 Å². The third-order valence-electron chi connectivity index (χ3n) is 6.36. The summed E-state index contributed by atoms with van der Waals surface area (Å²) in [5, 5.41) is 10.3. The molecular formula is C26H34ClFN7O8P. The average molecular weight is 658 g/mol. The van der Waals surface area contributed by atoms with E-state index in [-0.39, 0.29) is 22.9 Å². The molecule has 1 aliphatic heterocycles. The minimum atomic E-state index is -4.37. The Labute approximate surface area is 256 Å². The molecule has 240 valence electrons. The normalized spacial score (nSPS) is 24.1. The topological polar surface area (TPSA) is 182 Å². The lowest BCUT2D eigenvalue weighted by Gasteiger charge is -2.25. The number of hydrogen-bond acceptors (Lipinski definition) is 11. The van der Waals surface area contributed by atoms with Gasteiger partial charge in [0.1, 0.15) is 24.0 Å². The summed E-state index contributed by atoms with van der Waals surface area (Å²) in [7, 11) is -2.60. The number of ether oxygens (including phenoxy) is 2. The Bertz CT molecular complexity index is 1590. The van der Waals surface area contributed by atoms with E-state index in [4.69, 9.17) is 30.1 Å². The van der Waals surface area contributed by atoms with Gasteiger partial charge in [0.05, 0.1) is 25.4 Å². The fourth-order valence-electron chi connectivity index (χ4n) is 3.99. The van der Waals surface area contributed by atoms with E-state index >= 15 is 4.39 Å². The van der Waals surface area contributed by atoms with Crippen LogP contribution in [0.25, 0.3) is 11.2 Å². The van der Waals surface area contributed by atoms with E-state index in [2.05, 4.69) is 25.0 Å². The average Bonchev–Trinajstić information content (AvgIpc) is 3.48. The zero-order chi connectivity index (χ0) is 32.2. The number of carbonyl (C=O) groups excluding carboxylic acids is 1. The Balaban J connectivity index is 1.58. The van der Waals surface area contributed by atoms with E-state index in [1.165, 1.54) is 25.4 Å². The van der Waals surface area contributed by atoms with Crippen LogP contribution in [0.2, 0.25) is 0 Å². The van der Waals surface area contributed by atoms with Crippen molar-refractivity contribution in [2.24, 2.45) is 4.99 Å². The molecule has 44 heavy (non-hydrogen) atoms. The number of aromatic nitrogens is 4. The monoisotopic (exact) mass is 657 g/mol. The summed E-state index contributed by atoms with van der Waals surface area (Å²) >= 11 is 6.15. The Morgan fingerprint density at radius 3 is 2.75 bits per heavy atom. The first kappa shape index (κ1) is 33.5. The largest absolute Gasteiger partial charge is 0.462 e. The number of para-hydroxylation sites is 1. The second kappa shape index (κ2) is 13.7. The van der Waals surface area contributed by atoms with Gasteiger partial charge in [0.25, 0.3) is 10.7 Å². The number of imidazole rings is 1. The molecule has 0 radical (unpaired) electrons. The number of H-pyrrole nitrogens is 1.